The number of carbonyl (C=O) groups is 1. The van der Waals surface area contributed by atoms with Gasteiger partial charge in [-0.2, -0.15) is 5.10 Å². The lowest BCUT2D eigenvalue weighted by atomic mass is 10.0. The van der Waals surface area contributed by atoms with E-state index in [-0.39, 0.29) is 17.8 Å². The number of aromatic nitrogens is 2. The van der Waals surface area contributed by atoms with Crippen LogP contribution in [0.3, 0.4) is 0 Å². The van der Waals surface area contributed by atoms with Crippen molar-refractivity contribution < 1.29 is 19.2 Å². The van der Waals surface area contributed by atoms with Gasteiger partial charge in [-0.15, -0.1) is 0 Å². The van der Waals surface area contributed by atoms with Crippen LogP contribution in [0, 0.1) is 10.1 Å². The van der Waals surface area contributed by atoms with Gasteiger partial charge in [0.05, 0.1) is 17.1 Å². The van der Waals surface area contributed by atoms with E-state index in [0.29, 0.717) is 25.0 Å². The molecule has 0 aromatic carbocycles. The summed E-state index contributed by atoms with van der Waals surface area (Å²) in [7, 11) is 3.26. The number of rotatable bonds is 4. The second kappa shape index (κ2) is 7.86. The molecule has 0 fully saturated rings. The molecule has 2 rings (SSSR count). The highest BCUT2D eigenvalue weighted by Gasteiger charge is 2.30. The van der Waals surface area contributed by atoms with Crippen LogP contribution < -0.4 is 5.32 Å². The van der Waals surface area contributed by atoms with Gasteiger partial charge in [0.25, 0.3) is 0 Å². The van der Waals surface area contributed by atoms with E-state index in [0.717, 1.165) is 5.57 Å². The smallest absolute Gasteiger partial charge is 0.407 e. The first-order chi connectivity index (χ1) is 12.1. The zero-order valence-corrected chi connectivity index (χ0v) is 15.8. The Balaban J connectivity index is 2.16. The largest absolute Gasteiger partial charge is 0.444 e. The maximum absolute atomic E-state index is 12.1. The van der Waals surface area contributed by atoms with Gasteiger partial charge in [0, 0.05) is 14.2 Å². The average Bonchev–Trinajstić information content (AvgIpc) is 2.79. The number of carbonyl (C=O) groups excluding carboxylic acids is 1. The Labute approximate surface area is 152 Å². The van der Waals surface area contributed by atoms with Crippen LogP contribution in [0.25, 0.3) is 5.57 Å². The number of methoxy groups -OCH3 is 1. The van der Waals surface area contributed by atoms with Crippen LogP contribution >= 0.6 is 0 Å². The van der Waals surface area contributed by atoms with E-state index in [2.05, 4.69) is 10.4 Å². The normalized spacial score (nSPS) is 20.9. The average molecular weight is 366 g/mol. The number of allylic oxidation sites excluding steroid dienone is 1. The molecule has 9 nitrogen and oxygen atoms in total. The van der Waals surface area contributed by atoms with Gasteiger partial charge in [0.1, 0.15) is 17.5 Å². The van der Waals surface area contributed by atoms with Gasteiger partial charge in [-0.25, -0.2) is 4.79 Å². The maximum Gasteiger partial charge on any atom is 0.407 e. The van der Waals surface area contributed by atoms with Crippen molar-refractivity contribution >= 4 is 17.4 Å². The highest BCUT2D eigenvalue weighted by molar-refractivity contribution is 5.71. The molecule has 0 radical (unpaired) electrons. The molecule has 2 atom stereocenters. The number of nitro groups is 1. The third-order valence-electron chi connectivity index (χ3n) is 4.20. The van der Waals surface area contributed by atoms with Crippen LogP contribution in [0.4, 0.5) is 10.5 Å². The van der Waals surface area contributed by atoms with Gasteiger partial charge < -0.3 is 14.8 Å². The SMILES string of the molecule is COC1CC=C(c2c([N+](=O)[O-])cnn2C)CCC1NC(=O)OC(C)(C)C. The summed E-state index contributed by atoms with van der Waals surface area (Å²) in [4.78, 5) is 22.9. The number of nitrogens with zero attached hydrogens (tertiary/aromatic N) is 3. The van der Waals surface area contributed by atoms with Crippen molar-refractivity contribution in [3.8, 4) is 0 Å². The molecule has 0 spiro atoms. The minimum atomic E-state index is -0.587. The second-order valence-electron chi connectivity index (χ2n) is 7.29. The Kier molecular flexibility index (Phi) is 6.01. The number of ether oxygens (including phenoxy) is 2. The van der Waals surface area contributed by atoms with E-state index in [1.165, 1.54) is 10.9 Å². The third-order valence-corrected chi connectivity index (χ3v) is 4.20. The molecule has 0 bridgehead atoms. The minimum Gasteiger partial charge on any atom is -0.444 e. The lowest BCUT2D eigenvalue weighted by Gasteiger charge is -2.27. The molecule has 1 aliphatic rings. The number of aryl methyl sites for hydroxylation is 1. The Morgan fingerprint density at radius 1 is 1.46 bits per heavy atom. The zero-order valence-electron chi connectivity index (χ0n) is 15.8. The molecule has 1 amide bonds. The van der Waals surface area contributed by atoms with E-state index < -0.39 is 16.6 Å². The fourth-order valence-electron chi connectivity index (χ4n) is 3.05. The van der Waals surface area contributed by atoms with Gasteiger partial charge in [0.2, 0.25) is 0 Å². The molecule has 1 N–H and O–H groups in total. The molecule has 144 valence electrons. The molecule has 0 saturated carbocycles. The van der Waals surface area contributed by atoms with E-state index in [1.807, 2.05) is 6.08 Å². The van der Waals surface area contributed by atoms with Crippen LogP contribution in [0.2, 0.25) is 0 Å². The first kappa shape index (κ1) is 19.9. The van der Waals surface area contributed by atoms with Crippen LogP contribution in [0.1, 0.15) is 45.7 Å². The summed E-state index contributed by atoms with van der Waals surface area (Å²) < 4.78 is 12.3. The molecular weight excluding hydrogens is 340 g/mol. The van der Waals surface area contributed by atoms with E-state index >= 15 is 0 Å². The van der Waals surface area contributed by atoms with Crippen molar-refractivity contribution in [1.29, 1.82) is 0 Å². The van der Waals surface area contributed by atoms with Gasteiger partial charge in [-0.1, -0.05) is 6.08 Å². The quantitative estimate of drug-likeness (QED) is 0.648. The maximum atomic E-state index is 12.1. The van der Waals surface area contributed by atoms with Crippen LogP contribution in [-0.4, -0.2) is 45.7 Å². The molecule has 0 aliphatic heterocycles. The zero-order chi connectivity index (χ0) is 19.5. The lowest BCUT2D eigenvalue weighted by Crippen LogP contribution is -2.45. The molecule has 1 aromatic rings. The van der Waals surface area contributed by atoms with Crippen molar-refractivity contribution in [3.63, 3.8) is 0 Å². The van der Waals surface area contributed by atoms with Gasteiger partial charge in [0.15, 0.2) is 0 Å². The van der Waals surface area contributed by atoms with E-state index in [1.54, 1.807) is 34.9 Å². The molecule has 1 aliphatic carbocycles. The van der Waals surface area contributed by atoms with E-state index in [4.69, 9.17) is 9.47 Å². The first-order valence-corrected chi connectivity index (χ1v) is 8.50. The van der Waals surface area contributed by atoms with Crippen molar-refractivity contribution in [3.05, 3.63) is 28.1 Å². The summed E-state index contributed by atoms with van der Waals surface area (Å²) in [6.45, 7) is 5.40. The lowest BCUT2D eigenvalue weighted by molar-refractivity contribution is -0.385. The fraction of sp³-hybridized carbons (Fsp3) is 0.647. The Hall–Kier alpha value is -2.42. The van der Waals surface area contributed by atoms with Gasteiger partial charge in [-0.05, 0) is 45.6 Å². The summed E-state index contributed by atoms with van der Waals surface area (Å²) in [6.07, 6.45) is 4.09. The molecule has 26 heavy (non-hydrogen) atoms. The molecule has 2 unspecified atom stereocenters. The highest BCUT2D eigenvalue weighted by Crippen LogP contribution is 2.32. The predicted molar refractivity (Wildman–Crippen MR) is 95.6 cm³/mol. The highest BCUT2D eigenvalue weighted by atomic mass is 16.6. The number of nitrogens with one attached hydrogen (secondary N) is 1. The number of alkyl carbamates (subject to hydrolysis) is 1. The number of amides is 1. The van der Waals surface area contributed by atoms with Gasteiger partial charge in [-0.3, -0.25) is 14.8 Å². The van der Waals surface area contributed by atoms with Crippen molar-refractivity contribution in [2.45, 2.75) is 57.8 Å². The number of hydrogen-bond acceptors (Lipinski definition) is 6. The third kappa shape index (κ3) is 4.81. The van der Waals surface area contributed by atoms with Crippen LogP contribution in [-0.2, 0) is 16.5 Å². The Bertz CT molecular complexity index is 704. The standard InChI is InChI=1S/C17H26N4O5/c1-17(2,3)26-16(22)19-12-8-6-11(7-9-14(12)25-5)15-13(21(23)24)10-18-20(15)4/h7,10,12,14H,6,8-9H2,1-5H3,(H,19,22). The molecular formula is C17H26N4O5. The summed E-state index contributed by atoms with van der Waals surface area (Å²) in [5.74, 6) is 0. The summed E-state index contributed by atoms with van der Waals surface area (Å²) in [5, 5.41) is 18.1. The van der Waals surface area contributed by atoms with Crippen molar-refractivity contribution in [2.75, 3.05) is 7.11 Å². The van der Waals surface area contributed by atoms with Gasteiger partial charge >= 0.3 is 11.8 Å². The topological polar surface area (TPSA) is 109 Å². The van der Waals surface area contributed by atoms with Crippen LogP contribution in [0.15, 0.2) is 12.3 Å². The summed E-state index contributed by atoms with van der Waals surface area (Å²) in [5.41, 5.74) is 0.706. The molecule has 9 heteroatoms. The molecule has 1 aromatic heterocycles. The first-order valence-electron chi connectivity index (χ1n) is 8.50. The predicted octanol–water partition coefficient (Wildman–Crippen LogP) is 2.80. The molecule has 1 heterocycles. The van der Waals surface area contributed by atoms with Crippen LogP contribution in [0.5, 0.6) is 0 Å². The van der Waals surface area contributed by atoms with Crippen molar-refractivity contribution in [1.82, 2.24) is 15.1 Å². The van der Waals surface area contributed by atoms with Crippen molar-refractivity contribution in [2.24, 2.45) is 7.05 Å². The summed E-state index contributed by atoms with van der Waals surface area (Å²) >= 11 is 0. The monoisotopic (exact) mass is 366 g/mol. The number of hydrogen-bond donors (Lipinski definition) is 1. The summed E-state index contributed by atoms with van der Waals surface area (Å²) in [6, 6.07) is -0.254. The fourth-order valence-corrected chi connectivity index (χ4v) is 3.05. The van der Waals surface area contributed by atoms with E-state index in [9.17, 15) is 14.9 Å². The second-order valence-corrected chi connectivity index (χ2v) is 7.29. The Morgan fingerprint density at radius 3 is 2.73 bits per heavy atom. The Morgan fingerprint density at radius 2 is 2.15 bits per heavy atom. The molecule has 0 saturated heterocycles. The minimum absolute atomic E-state index is 0.0220.